The number of hydrogen-bond acceptors (Lipinski definition) is 5. The Morgan fingerprint density at radius 2 is 1.76 bits per heavy atom. The van der Waals surface area contributed by atoms with E-state index in [-0.39, 0.29) is 29.1 Å². The molecule has 0 saturated heterocycles. The smallest absolute Gasteiger partial charge is 0.237 e. The second-order valence-electron chi connectivity index (χ2n) is 6.78. The van der Waals surface area contributed by atoms with Crippen molar-refractivity contribution in [1.82, 2.24) is 0 Å². The summed E-state index contributed by atoms with van der Waals surface area (Å²) in [6.45, 7) is 1.37. The lowest BCUT2D eigenvalue weighted by atomic mass is 10.0. The van der Waals surface area contributed by atoms with Crippen molar-refractivity contribution in [3.63, 3.8) is 0 Å². The molecular weight excluding hydrogens is 372 g/mol. The van der Waals surface area contributed by atoms with Gasteiger partial charge in [-0.3, -0.25) is 14.9 Å². The molecule has 7 nitrogen and oxygen atoms in total. The number of aryl methyl sites for hydroxylation is 1. The third kappa shape index (κ3) is 4.76. The number of nitro groups is 1. The topological polar surface area (TPSA) is 112 Å². The van der Waals surface area contributed by atoms with Gasteiger partial charge in [-0.05, 0) is 40.5 Å². The van der Waals surface area contributed by atoms with E-state index in [1.165, 1.54) is 25.1 Å². The summed E-state index contributed by atoms with van der Waals surface area (Å²) in [6.07, 6.45) is 0.636. The number of amides is 1. The number of anilines is 1. The number of fused-ring (bicyclic) bond motifs is 1. The Kier molecular flexibility index (Phi) is 5.87. The van der Waals surface area contributed by atoms with Crippen LogP contribution in [0.4, 0.5) is 5.69 Å². The zero-order valence-corrected chi connectivity index (χ0v) is 15.8. The Morgan fingerprint density at radius 1 is 1.03 bits per heavy atom. The molecule has 148 valence electrons. The molecule has 1 unspecified atom stereocenters. The Labute approximate surface area is 167 Å². The summed E-state index contributed by atoms with van der Waals surface area (Å²) in [4.78, 5) is 34.2. The summed E-state index contributed by atoms with van der Waals surface area (Å²) in [5.74, 6) is -1.78. The molecule has 7 heteroatoms. The van der Waals surface area contributed by atoms with Crippen LogP contribution in [0.1, 0.15) is 40.9 Å². The van der Waals surface area contributed by atoms with Crippen LogP contribution in [0.3, 0.4) is 0 Å². The minimum absolute atomic E-state index is 0.111. The number of carbonyl (C=O) groups is 2. The summed E-state index contributed by atoms with van der Waals surface area (Å²) in [5.41, 5.74) is 1.17. The van der Waals surface area contributed by atoms with Gasteiger partial charge in [-0.1, -0.05) is 48.5 Å². The van der Waals surface area contributed by atoms with E-state index in [2.05, 4.69) is 5.32 Å². The van der Waals surface area contributed by atoms with Crippen molar-refractivity contribution in [3.05, 3.63) is 87.5 Å². The molecule has 0 aliphatic rings. The molecule has 3 aromatic carbocycles. The van der Waals surface area contributed by atoms with Crippen molar-refractivity contribution in [1.29, 1.82) is 0 Å². The lowest BCUT2D eigenvalue weighted by Gasteiger charge is -2.14. The third-order valence-electron chi connectivity index (χ3n) is 4.78. The van der Waals surface area contributed by atoms with E-state index >= 15 is 0 Å². The summed E-state index contributed by atoms with van der Waals surface area (Å²) in [6, 6.07) is 16.5. The Hall–Kier alpha value is -3.74. The van der Waals surface area contributed by atoms with E-state index in [9.17, 15) is 24.8 Å². The minimum atomic E-state index is -1.42. The molecule has 0 aliphatic heterocycles. The SMILES string of the molecule is CC(c1ccc(C(=O)[O-])cc1NC(=O)CCc1ccc2ccccc2c1)[N+](=O)[O-]. The summed E-state index contributed by atoms with van der Waals surface area (Å²) in [5, 5.41) is 27.1. The highest BCUT2D eigenvalue weighted by molar-refractivity contribution is 5.94. The van der Waals surface area contributed by atoms with Crippen molar-refractivity contribution in [3.8, 4) is 0 Å². The maximum Gasteiger partial charge on any atom is 0.237 e. The third-order valence-corrected chi connectivity index (χ3v) is 4.78. The quantitative estimate of drug-likeness (QED) is 0.491. The lowest BCUT2D eigenvalue weighted by Crippen LogP contribution is -2.23. The number of hydrogen-bond donors (Lipinski definition) is 1. The molecule has 0 fully saturated rings. The van der Waals surface area contributed by atoms with Crippen molar-refractivity contribution in [2.45, 2.75) is 25.8 Å². The molecule has 0 radical (unpaired) electrons. The highest BCUT2D eigenvalue weighted by Gasteiger charge is 2.21. The number of carbonyl (C=O) groups excluding carboxylic acids is 2. The van der Waals surface area contributed by atoms with Crippen LogP contribution in [-0.4, -0.2) is 16.8 Å². The molecule has 0 spiro atoms. The number of carboxylic acid groups (broad SMARTS) is 1. The van der Waals surface area contributed by atoms with Gasteiger partial charge in [0.25, 0.3) is 0 Å². The molecule has 0 heterocycles. The van der Waals surface area contributed by atoms with Crippen molar-refractivity contribution in [2.75, 3.05) is 5.32 Å². The van der Waals surface area contributed by atoms with Crippen LogP contribution in [0, 0.1) is 10.1 Å². The van der Waals surface area contributed by atoms with Crippen molar-refractivity contribution in [2.24, 2.45) is 0 Å². The van der Waals surface area contributed by atoms with Crippen LogP contribution in [0.5, 0.6) is 0 Å². The van der Waals surface area contributed by atoms with Crippen LogP contribution in [-0.2, 0) is 11.2 Å². The fourth-order valence-corrected chi connectivity index (χ4v) is 3.13. The average Bonchev–Trinajstić information content (AvgIpc) is 2.71. The first-order valence-corrected chi connectivity index (χ1v) is 9.11. The first-order chi connectivity index (χ1) is 13.8. The molecule has 3 rings (SSSR count). The fourth-order valence-electron chi connectivity index (χ4n) is 3.13. The number of aromatic carboxylic acids is 1. The van der Waals surface area contributed by atoms with Gasteiger partial charge < -0.3 is 15.2 Å². The van der Waals surface area contributed by atoms with Crippen LogP contribution >= 0.6 is 0 Å². The number of nitrogens with one attached hydrogen (secondary N) is 1. The van der Waals surface area contributed by atoms with E-state index in [1.807, 2.05) is 42.5 Å². The van der Waals surface area contributed by atoms with Gasteiger partial charge in [-0.2, -0.15) is 0 Å². The van der Waals surface area contributed by atoms with E-state index in [1.54, 1.807) is 0 Å². The lowest BCUT2D eigenvalue weighted by molar-refractivity contribution is -0.524. The zero-order chi connectivity index (χ0) is 21.0. The number of benzene rings is 3. The number of carboxylic acids is 1. The second-order valence-corrected chi connectivity index (χ2v) is 6.78. The Balaban J connectivity index is 1.75. The van der Waals surface area contributed by atoms with Crippen LogP contribution in [0.15, 0.2) is 60.7 Å². The van der Waals surface area contributed by atoms with E-state index in [4.69, 9.17) is 0 Å². The summed E-state index contributed by atoms with van der Waals surface area (Å²) >= 11 is 0. The highest BCUT2D eigenvalue weighted by Crippen LogP contribution is 2.26. The molecule has 1 N–H and O–H groups in total. The molecule has 0 saturated carbocycles. The van der Waals surface area contributed by atoms with Gasteiger partial charge in [0.2, 0.25) is 11.9 Å². The summed E-state index contributed by atoms with van der Waals surface area (Å²) in [7, 11) is 0. The van der Waals surface area contributed by atoms with E-state index in [0.717, 1.165) is 16.3 Å². The summed E-state index contributed by atoms with van der Waals surface area (Å²) < 4.78 is 0. The van der Waals surface area contributed by atoms with Gasteiger partial charge in [0.05, 0.1) is 11.7 Å². The first kappa shape index (κ1) is 20.0. The molecule has 1 atom stereocenters. The minimum Gasteiger partial charge on any atom is -0.545 e. The van der Waals surface area contributed by atoms with E-state index < -0.39 is 16.9 Å². The first-order valence-electron chi connectivity index (χ1n) is 9.11. The van der Waals surface area contributed by atoms with Crippen LogP contribution < -0.4 is 10.4 Å². The van der Waals surface area contributed by atoms with Crippen LogP contribution in [0.25, 0.3) is 10.8 Å². The molecule has 0 aromatic heterocycles. The maximum absolute atomic E-state index is 12.4. The number of rotatable bonds is 7. The molecule has 1 amide bonds. The molecule has 0 aliphatic carbocycles. The van der Waals surface area contributed by atoms with Crippen molar-refractivity contribution < 1.29 is 19.6 Å². The van der Waals surface area contributed by atoms with Gasteiger partial charge in [-0.15, -0.1) is 0 Å². The maximum atomic E-state index is 12.4. The van der Waals surface area contributed by atoms with E-state index in [0.29, 0.717) is 6.42 Å². The fraction of sp³-hybridized carbons (Fsp3) is 0.182. The van der Waals surface area contributed by atoms with Gasteiger partial charge >= 0.3 is 0 Å². The number of nitrogens with zero attached hydrogens (tertiary/aromatic N) is 1. The predicted octanol–water partition coefficient (Wildman–Crippen LogP) is 3.11. The molecule has 3 aromatic rings. The van der Waals surface area contributed by atoms with Crippen LogP contribution in [0.2, 0.25) is 0 Å². The zero-order valence-electron chi connectivity index (χ0n) is 15.8. The second kappa shape index (κ2) is 8.52. The molecule has 0 bridgehead atoms. The van der Waals surface area contributed by atoms with Crippen molar-refractivity contribution >= 4 is 28.3 Å². The average molecular weight is 391 g/mol. The highest BCUT2D eigenvalue weighted by atomic mass is 16.6. The Bertz CT molecular complexity index is 1090. The van der Waals surface area contributed by atoms with Gasteiger partial charge in [0.15, 0.2) is 0 Å². The van der Waals surface area contributed by atoms with Gasteiger partial charge in [-0.25, -0.2) is 0 Å². The predicted molar refractivity (Wildman–Crippen MR) is 107 cm³/mol. The molecular formula is C22H19N2O5-. The molecule has 29 heavy (non-hydrogen) atoms. The monoisotopic (exact) mass is 391 g/mol. The normalized spacial score (nSPS) is 11.8. The standard InChI is InChI=1S/C22H20N2O5/c1-14(24(28)29)19-10-9-18(22(26)27)13-20(19)23-21(25)11-7-15-6-8-16-4-2-3-5-17(16)12-15/h2-6,8-10,12-14H,7,11H2,1H3,(H,23,25)(H,26,27)/p-1. The Morgan fingerprint density at radius 3 is 2.45 bits per heavy atom. The van der Waals surface area contributed by atoms with Gasteiger partial charge in [0, 0.05) is 23.8 Å². The van der Waals surface area contributed by atoms with Gasteiger partial charge in [0.1, 0.15) is 0 Å². The largest absolute Gasteiger partial charge is 0.545 e.